The summed E-state index contributed by atoms with van der Waals surface area (Å²) in [7, 11) is 1.72. The molecule has 0 spiro atoms. The summed E-state index contributed by atoms with van der Waals surface area (Å²) in [5.74, 6) is 0. The number of hydrogen-bond acceptors (Lipinski definition) is 5. The average Bonchev–Trinajstić information content (AvgIpc) is 2.70. The molecule has 0 radical (unpaired) electrons. The summed E-state index contributed by atoms with van der Waals surface area (Å²) in [5.41, 5.74) is 1.06. The monoisotopic (exact) mass is 285 g/mol. The fraction of sp³-hybridized carbons (Fsp3) is 0.786. The normalized spacial score (nSPS) is 11.6. The van der Waals surface area contributed by atoms with Gasteiger partial charge in [0.15, 0.2) is 5.13 Å². The summed E-state index contributed by atoms with van der Waals surface area (Å²) in [6.07, 6.45) is 0. The summed E-state index contributed by atoms with van der Waals surface area (Å²) < 4.78 is 5.26. The van der Waals surface area contributed by atoms with Gasteiger partial charge in [0.05, 0.1) is 12.3 Å². The Morgan fingerprint density at radius 2 is 2.00 bits per heavy atom. The van der Waals surface area contributed by atoms with Crippen LogP contribution in [0.1, 0.15) is 45.2 Å². The first-order valence-electron chi connectivity index (χ1n) is 6.97. The number of nitrogens with zero attached hydrogens (tertiary/aromatic N) is 2. The van der Waals surface area contributed by atoms with Crippen LogP contribution in [0.5, 0.6) is 0 Å². The van der Waals surface area contributed by atoms with E-state index in [1.165, 1.54) is 4.88 Å². The highest BCUT2D eigenvalue weighted by atomic mass is 32.1. The van der Waals surface area contributed by atoms with Gasteiger partial charge in [0.1, 0.15) is 0 Å². The minimum absolute atomic E-state index is 0.470. The van der Waals surface area contributed by atoms with Crippen LogP contribution in [-0.2, 0) is 17.9 Å². The lowest BCUT2D eigenvalue weighted by atomic mass is 10.3. The molecule has 0 saturated heterocycles. The van der Waals surface area contributed by atoms with Gasteiger partial charge in [0, 0.05) is 37.2 Å². The topological polar surface area (TPSA) is 37.4 Å². The van der Waals surface area contributed by atoms with Crippen LogP contribution in [0.25, 0.3) is 0 Å². The maximum Gasteiger partial charge on any atom is 0.186 e. The highest BCUT2D eigenvalue weighted by Crippen LogP contribution is 2.28. The van der Waals surface area contributed by atoms with Crippen molar-refractivity contribution in [3.05, 3.63) is 10.6 Å². The number of ether oxygens (including phenoxy) is 1. The molecule has 0 aliphatic rings. The van der Waals surface area contributed by atoms with Gasteiger partial charge in [-0.15, -0.1) is 11.3 Å². The summed E-state index contributed by atoms with van der Waals surface area (Å²) >= 11 is 1.77. The van der Waals surface area contributed by atoms with Crippen LogP contribution in [0.2, 0.25) is 0 Å². The first-order valence-corrected chi connectivity index (χ1v) is 7.78. The average molecular weight is 285 g/mol. The standard InChI is InChI=1S/C14H27N3OS/c1-7-17(11(4)5)14-16-12(9-18-6)13(19-14)8-15-10(2)3/h10-11,15H,7-9H2,1-6H3. The first-order chi connectivity index (χ1) is 8.99. The van der Waals surface area contributed by atoms with Gasteiger partial charge in [-0.2, -0.15) is 0 Å². The van der Waals surface area contributed by atoms with Crippen LogP contribution in [-0.4, -0.2) is 30.7 Å². The van der Waals surface area contributed by atoms with E-state index in [2.05, 4.69) is 44.8 Å². The Balaban J connectivity index is 2.92. The third-order valence-corrected chi connectivity index (χ3v) is 4.06. The second-order valence-corrected chi connectivity index (χ2v) is 6.28. The molecule has 0 saturated carbocycles. The van der Waals surface area contributed by atoms with Gasteiger partial charge in [-0.05, 0) is 20.8 Å². The van der Waals surface area contributed by atoms with Crippen molar-refractivity contribution in [3.8, 4) is 0 Å². The maximum absolute atomic E-state index is 5.26. The molecule has 1 aromatic heterocycles. The number of nitrogens with one attached hydrogen (secondary N) is 1. The van der Waals surface area contributed by atoms with Crippen molar-refractivity contribution in [2.75, 3.05) is 18.6 Å². The molecule has 5 heteroatoms. The Morgan fingerprint density at radius 1 is 1.32 bits per heavy atom. The van der Waals surface area contributed by atoms with Crippen molar-refractivity contribution in [2.24, 2.45) is 0 Å². The lowest BCUT2D eigenvalue weighted by molar-refractivity contribution is 0.181. The fourth-order valence-corrected chi connectivity index (χ4v) is 3.11. The summed E-state index contributed by atoms with van der Waals surface area (Å²) in [5, 5.41) is 4.56. The molecule has 0 unspecified atom stereocenters. The van der Waals surface area contributed by atoms with Gasteiger partial charge in [-0.25, -0.2) is 4.98 Å². The molecule has 0 atom stereocenters. The van der Waals surface area contributed by atoms with Gasteiger partial charge in [-0.1, -0.05) is 13.8 Å². The van der Waals surface area contributed by atoms with Crippen molar-refractivity contribution in [1.82, 2.24) is 10.3 Å². The van der Waals surface area contributed by atoms with E-state index < -0.39 is 0 Å². The predicted octanol–water partition coefficient (Wildman–Crippen LogP) is 3.02. The highest BCUT2D eigenvalue weighted by Gasteiger charge is 2.17. The van der Waals surface area contributed by atoms with Crippen LogP contribution in [0.15, 0.2) is 0 Å². The molecule has 1 aromatic rings. The number of rotatable bonds is 8. The van der Waals surface area contributed by atoms with E-state index >= 15 is 0 Å². The van der Waals surface area contributed by atoms with Crippen LogP contribution in [0.4, 0.5) is 5.13 Å². The van der Waals surface area contributed by atoms with Crippen molar-refractivity contribution in [1.29, 1.82) is 0 Å². The van der Waals surface area contributed by atoms with Crippen LogP contribution in [0, 0.1) is 0 Å². The van der Waals surface area contributed by atoms with Crippen molar-refractivity contribution in [2.45, 2.75) is 59.9 Å². The van der Waals surface area contributed by atoms with Crippen molar-refractivity contribution in [3.63, 3.8) is 0 Å². The van der Waals surface area contributed by atoms with E-state index in [-0.39, 0.29) is 0 Å². The third-order valence-electron chi connectivity index (χ3n) is 2.93. The first kappa shape index (κ1) is 16.4. The minimum Gasteiger partial charge on any atom is -0.378 e. The molecular formula is C14H27N3OS. The van der Waals surface area contributed by atoms with E-state index in [1.807, 2.05) is 0 Å². The van der Waals surface area contributed by atoms with Crippen molar-refractivity contribution < 1.29 is 4.74 Å². The van der Waals surface area contributed by atoms with Crippen LogP contribution >= 0.6 is 11.3 Å². The molecule has 110 valence electrons. The Morgan fingerprint density at radius 3 is 2.47 bits per heavy atom. The number of anilines is 1. The third kappa shape index (κ3) is 4.75. The van der Waals surface area contributed by atoms with Crippen LogP contribution in [0.3, 0.4) is 0 Å². The molecule has 0 aliphatic heterocycles. The fourth-order valence-electron chi connectivity index (χ4n) is 1.90. The quantitative estimate of drug-likeness (QED) is 0.796. The van der Waals surface area contributed by atoms with Gasteiger partial charge < -0.3 is 15.0 Å². The largest absolute Gasteiger partial charge is 0.378 e. The summed E-state index contributed by atoms with van der Waals surface area (Å²) in [6, 6.07) is 0.950. The maximum atomic E-state index is 5.26. The van der Waals surface area contributed by atoms with Gasteiger partial charge >= 0.3 is 0 Å². The van der Waals surface area contributed by atoms with E-state index in [1.54, 1.807) is 18.4 Å². The Bertz CT molecular complexity index is 377. The molecule has 0 bridgehead atoms. The minimum atomic E-state index is 0.470. The number of hydrogen-bond donors (Lipinski definition) is 1. The molecule has 0 fully saturated rings. The lowest BCUT2D eigenvalue weighted by Crippen LogP contribution is -2.30. The van der Waals surface area contributed by atoms with Gasteiger partial charge in [0.25, 0.3) is 0 Å². The van der Waals surface area contributed by atoms with Gasteiger partial charge in [0.2, 0.25) is 0 Å². The van der Waals surface area contributed by atoms with Crippen LogP contribution < -0.4 is 10.2 Å². The smallest absolute Gasteiger partial charge is 0.186 e. The Labute approximate surface area is 121 Å². The predicted molar refractivity (Wildman–Crippen MR) is 83.0 cm³/mol. The SMILES string of the molecule is CCN(c1nc(COC)c(CNC(C)C)s1)C(C)C. The Hall–Kier alpha value is -0.650. The molecule has 0 aliphatic carbocycles. The zero-order chi connectivity index (χ0) is 14.4. The molecule has 4 nitrogen and oxygen atoms in total. The van der Waals surface area contributed by atoms with E-state index in [0.717, 1.165) is 23.9 Å². The molecule has 1 rings (SSSR count). The summed E-state index contributed by atoms with van der Waals surface area (Å²) in [6.45, 7) is 13.3. The number of aromatic nitrogens is 1. The zero-order valence-corrected chi connectivity index (χ0v) is 13.8. The van der Waals surface area contributed by atoms with E-state index in [9.17, 15) is 0 Å². The summed E-state index contributed by atoms with van der Waals surface area (Å²) in [4.78, 5) is 8.35. The highest BCUT2D eigenvalue weighted by molar-refractivity contribution is 7.15. The number of thiazole rings is 1. The molecule has 1 N–H and O–H groups in total. The van der Waals surface area contributed by atoms with E-state index in [4.69, 9.17) is 9.72 Å². The zero-order valence-electron chi connectivity index (χ0n) is 13.0. The second kappa shape index (κ2) is 7.82. The van der Waals surface area contributed by atoms with E-state index in [0.29, 0.717) is 18.7 Å². The Kier molecular flexibility index (Phi) is 6.75. The molecule has 0 amide bonds. The lowest BCUT2D eigenvalue weighted by Gasteiger charge is -2.24. The second-order valence-electron chi connectivity index (χ2n) is 5.21. The molecule has 1 heterocycles. The molecule has 0 aromatic carbocycles. The number of methoxy groups -OCH3 is 1. The van der Waals surface area contributed by atoms with Gasteiger partial charge in [-0.3, -0.25) is 0 Å². The molecular weight excluding hydrogens is 258 g/mol. The molecule has 19 heavy (non-hydrogen) atoms. The van der Waals surface area contributed by atoms with Crippen molar-refractivity contribution >= 4 is 16.5 Å².